The van der Waals surface area contributed by atoms with E-state index in [-0.39, 0.29) is 34.3 Å². The second kappa shape index (κ2) is 6.08. The summed E-state index contributed by atoms with van der Waals surface area (Å²) >= 11 is 5.70. The summed E-state index contributed by atoms with van der Waals surface area (Å²) in [7, 11) is -6.79. The third-order valence-corrected chi connectivity index (χ3v) is 5.09. The molecule has 0 atom stereocenters. The highest BCUT2D eigenvalue weighted by molar-refractivity contribution is 7.90. The van der Waals surface area contributed by atoms with Crippen LogP contribution >= 0.6 is 11.6 Å². The van der Waals surface area contributed by atoms with Crippen LogP contribution in [-0.2, 0) is 19.9 Å². The summed E-state index contributed by atoms with van der Waals surface area (Å²) in [5, 5.41) is 0.274. The van der Waals surface area contributed by atoms with Crippen LogP contribution in [-0.4, -0.2) is 35.4 Å². The Hall–Kier alpha value is -0.830. The van der Waals surface area contributed by atoms with Gasteiger partial charge in [0, 0.05) is 12.8 Å². The van der Waals surface area contributed by atoms with Gasteiger partial charge in [-0.15, -0.1) is 0 Å². The van der Waals surface area contributed by atoms with Gasteiger partial charge in [0.2, 0.25) is 10.0 Å². The van der Waals surface area contributed by atoms with E-state index in [1.54, 1.807) is 0 Å². The Morgan fingerprint density at radius 2 is 1.89 bits per heavy atom. The lowest BCUT2D eigenvalue weighted by atomic mass is 10.3. The SMILES string of the molecule is CS(=O)(=O)CCCNS(=O)(=O)c1ccc(Cl)c(N)c1. The molecule has 3 N–H and O–H groups in total. The summed E-state index contributed by atoms with van der Waals surface area (Å²) in [4.78, 5) is -0.00578. The molecule has 0 spiro atoms. The van der Waals surface area contributed by atoms with Crippen molar-refractivity contribution in [1.29, 1.82) is 0 Å². The molecule has 0 bridgehead atoms. The van der Waals surface area contributed by atoms with Crippen LogP contribution in [0, 0.1) is 0 Å². The fourth-order valence-corrected chi connectivity index (χ4v) is 3.21. The monoisotopic (exact) mass is 326 g/mol. The normalized spacial score (nSPS) is 12.5. The summed E-state index contributed by atoms with van der Waals surface area (Å²) in [5.41, 5.74) is 5.69. The van der Waals surface area contributed by atoms with Crippen LogP contribution in [0.2, 0.25) is 5.02 Å². The standard InChI is InChI=1S/C10H15ClN2O4S2/c1-18(14,15)6-2-5-13-19(16,17)8-3-4-9(11)10(12)7-8/h3-4,7,13H,2,5-6,12H2,1H3. The van der Waals surface area contributed by atoms with Gasteiger partial charge >= 0.3 is 0 Å². The van der Waals surface area contributed by atoms with E-state index in [0.29, 0.717) is 0 Å². The Morgan fingerprint density at radius 1 is 1.26 bits per heavy atom. The van der Waals surface area contributed by atoms with Crippen LogP contribution < -0.4 is 10.5 Å². The summed E-state index contributed by atoms with van der Waals surface area (Å²) in [6.07, 6.45) is 1.31. The van der Waals surface area contributed by atoms with Crippen molar-refractivity contribution in [2.45, 2.75) is 11.3 Å². The fourth-order valence-electron chi connectivity index (χ4n) is 1.31. The van der Waals surface area contributed by atoms with Crippen LogP contribution in [0.4, 0.5) is 5.69 Å². The van der Waals surface area contributed by atoms with Gasteiger partial charge in [0.1, 0.15) is 9.84 Å². The second-order valence-corrected chi connectivity index (χ2v) is 8.50. The smallest absolute Gasteiger partial charge is 0.240 e. The first-order valence-electron chi connectivity index (χ1n) is 5.34. The maximum atomic E-state index is 11.9. The van der Waals surface area contributed by atoms with Gasteiger partial charge in [-0.3, -0.25) is 0 Å². The lowest BCUT2D eigenvalue weighted by Crippen LogP contribution is -2.26. The first-order chi connectivity index (χ1) is 8.62. The predicted molar refractivity (Wildman–Crippen MR) is 75.4 cm³/mol. The third-order valence-electron chi connectivity index (χ3n) is 2.26. The molecule has 1 rings (SSSR count). The summed E-state index contributed by atoms with van der Waals surface area (Å²) in [6, 6.07) is 3.97. The number of nitrogens with two attached hydrogens (primary N) is 1. The van der Waals surface area contributed by atoms with Gasteiger partial charge in [0.15, 0.2) is 0 Å². The Morgan fingerprint density at radius 3 is 2.42 bits per heavy atom. The van der Waals surface area contributed by atoms with Crippen molar-refractivity contribution in [3.05, 3.63) is 23.2 Å². The number of halogens is 1. The van der Waals surface area contributed by atoms with Gasteiger partial charge in [-0.05, 0) is 24.6 Å². The number of sulfonamides is 1. The summed E-state index contributed by atoms with van der Waals surface area (Å²) in [5.74, 6) is -0.0712. The Labute approximate surface area is 117 Å². The van der Waals surface area contributed by atoms with E-state index in [4.69, 9.17) is 17.3 Å². The minimum Gasteiger partial charge on any atom is -0.397 e. The van der Waals surface area contributed by atoms with Crippen LogP contribution in [0.5, 0.6) is 0 Å². The molecule has 0 aliphatic heterocycles. The molecule has 0 aliphatic rings. The number of rotatable bonds is 6. The average molecular weight is 327 g/mol. The van der Waals surface area contributed by atoms with E-state index in [9.17, 15) is 16.8 Å². The number of benzene rings is 1. The van der Waals surface area contributed by atoms with Gasteiger partial charge < -0.3 is 5.73 Å². The lowest BCUT2D eigenvalue weighted by molar-refractivity contribution is 0.577. The van der Waals surface area contributed by atoms with Crippen LogP contribution in [0.25, 0.3) is 0 Å². The molecule has 1 aromatic carbocycles. The number of hydrogen-bond donors (Lipinski definition) is 2. The summed E-state index contributed by atoms with van der Waals surface area (Å²) in [6.45, 7) is 0.0396. The first kappa shape index (κ1) is 16.2. The van der Waals surface area contributed by atoms with Crippen molar-refractivity contribution < 1.29 is 16.8 Å². The van der Waals surface area contributed by atoms with Gasteiger partial charge in [0.05, 0.1) is 21.4 Å². The molecule has 0 heterocycles. The highest BCUT2D eigenvalue weighted by Gasteiger charge is 2.14. The zero-order valence-electron chi connectivity index (χ0n) is 10.3. The molecule has 0 amide bonds. The van der Waals surface area contributed by atoms with Crippen molar-refractivity contribution in [2.75, 3.05) is 24.3 Å². The topological polar surface area (TPSA) is 106 Å². The molecule has 0 saturated carbocycles. The molecule has 0 aliphatic carbocycles. The Kier molecular flexibility index (Phi) is 5.19. The maximum absolute atomic E-state index is 11.9. The summed E-state index contributed by atoms with van der Waals surface area (Å²) < 4.78 is 47.8. The zero-order valence-corrected chi connectivity index (χ0v) is 12.6. The highest BCUT2D eigenvalue weighted by Crippen LogP contribution is 2.21. The maximum Gasteiger partial charge on any atom is 0.240 e. The number of hydrogen-bond acceptors (Lipinski definition) is 5. The molecule has 0 fully saturated rings. The van der Waals surface area contributed by atoms with E-state index < -0.39 is 19.9 Å². The van der Waals surface area contributed by atoms with Crippen molar-refractivity contribution in [3.8, 4) is 0 Å². The average Bonchev–Trinajstić information content (AvgIpc) is 2.27. The minimum atomic E-state index is -3.70. The largest absolute Gasteiger partial charge is 0.397 e. The fraction of sp³-hybridized carbons (Fsp3) is 0.400. The van der Waals surface area contributed by atoms with Gasteiger partial charge in [0.25, 0.3) is 0 Å². The Bertz CT molecular complexity index is 656. The van der Waals surface area contributed by atoms with Crippen LogP contribution in [0.15, 0.2) is 23.1 Å². The van der Waals surface area contributed by atoms with Crippen molar-refractivity contribution >= 4 is 37.1 Å². The van der Waals surface area contributed by atoms with Crippen LogP contribution in [0.1, 0.15) is 6.42 Å². The minimum absolute atomic E-state index is 0.00578. The van der Waals surface area contributed by atoms with E-state index in [1.807, 2.05) is 0 Å². The molecule has 108 valence electrons. The Balaban J connectivity index is 2.68. The molecule has 1 aromatic rings. The number of nitrogens with one attached hydrogen (secondary N) is 1. The molecule has 9 heteroatoms. The number of sulfone groups is 1. The first-order valence-corrected chi connectivity index (χ1v) is 9.26. The third kappa shape index (κ3) is 5.35. The van der Waals surface area contributed by atoms with E-state index in [1.165, 1.54) is 18.2 Å². The molecular formula is C10H15ClN2O4S2. The second-order valence-electron chi connectivity index (χ2n) is 4.06. The highest BCUT2D eigenvalue weighted by atomic mass is 35.5. The van der Waals surface area contributed by atoms with E-state index in [0.717, 1.165) is 6.26 Å². The predicted octanol–water partition coefficient (Wildman–Crippen LogP) is 0.635. The molecule has 6 nitrogen and oxygen atoms in total. The zero-order chi connectivity index (χ0) is 14.7. The van der Waals surface area contributed by atoms with Crippen molar-refractivity contribution in [3.63, 3.8) is 0 Å². The number of anilines is 1. The quantitative estimate of drug-likeness (QED) is 0.589. The van der Waals surface area contributed by atoms with Gasteiger partial charge in [-0.2, -0.15) is 0 Å². The van der Waals surface area contributed by atoms with Crippen molar-refractivity contribution in [1.82, 2.24) is 4.72 Å². The number of nitrogen functional groups attached to an aromatic ring is 1. The van der Waals surface area contributed by atoms with E-state index >= 15 is 0 Å². The molecule has 0 aromatic heterocycles. The van der Waals surface area contributed by atoms with Gasteiger partial charge in [-0.1, -0.05) is 11.6 Å². The van der Waals surface area contributed by atoms with Crippen molar-refractivity contribution in [2.24, 2.45) is 0 Å². The molecular weight excluding hydrogens is 312 g/mol. The molecule has 0 radical (unpaired) electrons. The molecule has 0 unspecified atom stereocenters. The molecule has 19 heavy (non-hydrogen) atoms. The van der Waals surface area contributed by atoms with Gasteiger partial charge in [-0.25, -0.2) is 21.6 Å². The lowest BCUT2D eigenvalue weighted by Gasteiger charge is -2.07. The van der Waals surface area contributed by atoms with E-state index in [2.05, 4.69) is 4.72 Å². The van der Waals surface area contributed by atoms with Crippen LogP contribution in [0.3, 0.4) is 0 Å². The molecule has 0 saturated heterocycles.